The first-order valence-electron chi connectivity index (χ1n) is 5.32. The van der Waals surface area contributed by atoms with Crippen molar-refractivity contribution in [2.24, 2.45) is 0 Å². The molecule has 0 bridgehead atoms. The Hall–Kier alpha value is -0.870. The molecular weight excluding hydrogens is 194 g/mol. The molecule has 0 fully saturated rings. The molecule has 0 aromatic rings. The Morgan fingerprint density at radius 1 is 1.40 bits per heavy atom. The summed E-state index contributed by atoms with van der Waals surface area (Å²) in [5.41, 5.74) is 0.404. The standard InChI is InChI=1S/C11H21NO3/c1-6-10(12(7-2)14-8-3)15-11(13)9(4)5/h10H,4,6-8H2,1-3,5H3. The molecule has 0 saturated carbocycles. The van der Waals surface area contributed by atoms with Crippen LogP contribution < -0.4 is 0 Å². The van der Waals surface area contributed by atoms with Crippen molar-refractivity contribution >= 4 is 5.97 Å². The van der Waals surface area contributed by atoms with Crippen molar-refractivity contribution in [1.82, 2.24) is 5.06 Å². The van der Waals surface area contributed by atoms with Gasteiger partial charge >= 0.3 is 5.97 Å². The van der Waals surface area contributed by atoms with Gasteiger partial charge in [-0.15, -0.1) is 0 Å². The highest BCUT2D eigenvalue weighted by Crippen LogP contribution is 2.09. The highest BCUT2D eigenvalue weighted by atomic mass is 16.7. The van der Waals surface area contributed by atoms with E-state index >= 15 is 0 Å². The molecule has 0 aliphatic rings. The summed E-state index contributed by atoms with van der Waals surface area (Å²) in [4.78, 5) is 16.7. The van der Waals surface area contributed by atoms with Crippen LogP contribution in [0.15, 0.2) is 12.2 Å². The van der Waals surface area contributed by atoms with Gasteiger partial charge in [-0.3, -0.25) is 4.84 Å². The van der Waals surface area contributed by atoms with Gasteiger partial charge in [0.1, 0.15) is 0 Å². The maximum Gasteiger partial charge on any atom is 0.334 e. The van der Waals surface area contributed by atoms with E-state index in [1.54, 1.807) is 12.0 Å². The summed E-state index contributed by atoms with van der Waals surface area (Å²) in [7, 11) is 0. The van der Waals surface area contributed by atoms with E-state index in [9.17, 15) is 4.79 Å². The molecular formula is C11H21NO3. The first kappa shape index (κ1) is 14.1. The lowest BCUT2D eigenvalue weighted by atomic mass is 10.3. The molecule has 0 heterocycles. The predicted octanol–water partition coefficient (Wildman–Crippen LogP) is 2.12. The summed E-state index contributed by atoms with van der Waals surface area (Å²) >= 11 is 0. The molecule has 88 valence electrons. The van der Waals surface area contributed by atoms with Gasteiger partial charge in [-0.1, -0.05) is 13.5 Å². The molecule has 4 nitrogen and oxygen atoms in total. The third kappa shape index (κ3) is 4.95. The third-order valence-corrected chi connectivity index (χ3v) is 1.87. The Bertz CT molecular complexity index is 216. The summed E-state index contributed by atoms with van der Waals surface area (Å²) in [5.74, 6) is -0.375. The van der Waals surface area contributed by atoms with Gasteiger partial charge in [0.2, 0.25) is 0 Å². The van der Waals surface area contributed by atoms with E-state index in [4.69, 9.17) is 9.57 Å². The molecule has 0 spiro atoms. The SMILES string of the molecule is C=C(C)C(=O)OC(CC)N(CC)OCC. The highest BCUT2D eigenvalue weighted by Gasteiger charge is 2.20. The van der Waals surface area contributed by atoms with Gasteiger partial charge in [0.25, 0.3) is 0 Å². The zero-order valence-electron chi connectivity index (χ0n) is 10.1. The molecule has 0 rings (SSSR count). The zero-order chi connectivity index (χ0) is 11.8. The topological polar surface area (TPSA) is 38.8 Å². The van der Waals surface area contributed by atoms with Gasteiger partial charge in [-0.2, -0.15) is 5.06 Å². The smallest absolute Gasteiger partial charge is 0.334 e. The Balaban J connectivity index is 4.32. The number of hydroxylamine groups is 2. The van der Waals surface area contributed by atoms with Gasteiger partial charge in [-0.25, -0.2) is 4.79 Å². The van der Waals surface area contributed by atoms with Crippen LogP contribution in [0.3, 0.4) is 0 Å². The fourth-order valence-electron chi connectivity index (χ4n) is 1.11. The quantitative estimate of drug-likeness (QED) is 0.282. The summed E-state index contributed by atoms with van der Waals surface area (Å²) in [6.07, 6.45) is 0.353. The van der Waals surface area contributed by atoms with Crippen molar-refractivity contribution in [3.05, 3.63) is 12.2 Å². The van der Waals surface area contributed by atoms with Crippen molar-refractivity contribution in [1.29, 1.82) is 0 Å². The minimum atomic E-state index is -0.375. The van der Waals surface area contributed by atoms with Gasteiger partial charge in [-0.05, 0) is 27.2 Å². The van der Waals surface area contributed by atoms with E-state index in [2.05, 4.69) is 6.58 Å². The summed E-state index contributed by atoms with van der Waals surface area (Å²) in [6.45, 7) is 12.2. The summed E-state index contributed by atoms with van der Waals surface area (Å²) in [6, 6.07) is 0. The fraction of sp³-hybridized carbons (Fsp3) is 0.727. The Morgan fingerprint density at radius 3 is 2.33 bits per heavy atom. The van der Waals surface area contributed by atoms with Crippen molar-refractivity contribution in [3.63, 3.8) is 0 Å². The number of esters is 1. The molecule has 0 saturated heterocycles. The molecule has 0 N–H and O–H groups in total. The molecule has 4 heteroatoms. The van der Waals surface area contributed by atoms with Crippen LogP contribution in [0.5, 0.6) is 0 Å². The first-order chi connectivity index (χ1) is 7.06. The summed E-state index contributed by atoms with van der Waals surface area (Å²) < 4.78 is 5.23. The highest BCUT2D eigenvalue weighted by molar-refractivity contribution is 5.87. The van der Waals surface area contributed by atoms with E-state index in [0.717, 1.165) is 0 Å². The van der Waals surface area contributed by atoms with Crippen LogP contribution in [0.4, 0.5) is 0 Å². The van der Waals surface area contributed by atoms with Crippen LogP contribution in [0.1, 0.15) is 34.1 Å². The second kappa shape index (κ2) is 7.43. The predicted molar refractivity (Wildman–Crippen MR) is 59.0 cm³/mol. The number of ether oxygens (including phenoxy) is 1. The lowest BCUT2D eigenvalue weighted by Crippen LogP contribution is -2.38. The van der Waals surface area contributed by atoms with Crippen LogP contribution in [0.25, 0.3) is 0 Å². The Labute approximate surface area is 91.8 Å². The molecule has 15 heavy (non-hydrogen) atoms. The Kier molecular flexibility index (Phi) is 6.99. The average Bonchev–Trinajstić information content (AvgIpc) is 2.22. The molecule has 0 aromatic carbocycles. The molecule has 0 aromatic heterocycles. The summed E-state index contributed by atoms with van der Waals surface area (Å²) in [5, 5.41) is 1.67. The molecule has 0 aliphatic heterocycles. The number of carbonyl (C=O) groups is 1. The van der Waals surface area contributed by atoms with E-state index in [0.29, 0.717) is 25.1 Å². The molecule has 1 atom stereocenters. The molecule has 1 unspecified atom stereocenters. The van der Waals surface area contributed by atoms with Gasteiger partial charge in [0, 0.05) is 12.1 Å². The monoisotopic (exact) mass is 215 g/mol. The van der Waals surface area contributed by atoms with Gasteiger partial charge in [0.15, 0.2) is 6.23 Å². The fourth-order valence-corrected chi connectivity index (χ4v) is 1.11. The average molecular weight is 215 g/mol. The second-order valence-corrected chi connectivity index (χ2v) is 3.20. The zero-order valence-corrected chi connectivity index (χ0v) is 10.1. The van der Waals surface area contributed by atoms with Gasteiger partial charge < -0.3 is 4.74 Å². The Morgan fingerprint density at radius 2 is 2.00 bits per heavy atom. The molecule has 0 aliphatic carbocycles. The minimum Gasteiger partial charge on any atom is -0.441 e. The van der Waals surface area contributed by atoms with E-state index < -0.39 is 0 Å². The number of hydrogen-bond acceptors (Lipinski definition) is 4. The molecule has 0 radical (unpaired) electrons. The van der Waals surface area contributed by atoms with Crippen molar-refractivity contribution in [3.8, 4) is 0 Å². The van der Waals surface area contributed by atoms with Gasteiger partial charge in [0.05, 0.1) is 6.61 Å². The minimum absolute atomic E-state index is 0.334. The van der Waals surface area contributed by atoms with E-state index in [-0.39, 0.29) is 12.2 Å². The van der Waals surface area contributed by atoms with Crippen LogP contribution in [0, 0.1) is 0 Å². The van der Waals surface area contributed by atoms with Crippen molar-refractivity contribution in [2.75, 3.05) is 13.2 Å². The first-order valence-corrected chi connectivity index (χ1v) is 5.32. The van der Waals surface area contributed by atoms with Crippen LogP contribution in [-0.2, 0) is 14.4 Å². The lowest BCUT2D eigenvalue weighted by molar-refractivity contribution is -0.243. The number of rotatable bonds is 7. The number of nitrogens with zero attached hydrogens (tertiary/aromatic N) is 1. The van der Waals surface area contributed by atoms with Crippen molar-refractivity contribution < 1.29 is 14.4 Å². The second-order valence-electron chi connectivity index (χ2n) is 3.20. The number of hydrogen-bond donors (Lipinski definition) is 0. The van der Waals surface area contributed by atoms with Crippen molar-refractivity contribution in [2.45, 2.75) is 40.3 Å². The van der Waals surface area contributed by atoms with E-state index in [1.807, 2.05) is 20.8 Å². The van der Waals surface area contributed by atoms with Crippen LogP contribution in [-0.4, -0.2) is 30.4 Å². The number of carbonyl (C=O) groups excluding carboxylic acids is 1. The maximum atomic E-state index is 11.3. The third-order valence-electron chi connectivity index (χ3n) is 1.87. The lowest BCUT2D eigenvalue weighted by Gasteiger charge is -2.28. The largest absolute Gasteiger partial charge is 0.441 e. The van der Waals surface area contributed by atoms with E-state index in [1.165, 1.54) is 0 Å². The maximum absolute atomic E-state index is 11.3. The van der Waals surface area contributed by atoms with Crippen LogP contribution in [0.2, 0.25) is 0 Å². The molecule has 0 amide bonds. The van der Waals surface area contributed by atoms with Crippen LogP contribution >= 0.6 is 0 Å². The normalized spacial score (nSPS) is 12.6.